The van der Waals surface area contributed by atoms with Crippen molar-refractivity contribution in [3.63, 3.8) is 0 Å². The molecule has 1 atom stereocenters. The number of nitrogens with two attached hydrogens (primary N) is 1. The first-order valence-corrected chi connectivity index (χ1v) is 5.61. The quantitative estimate of drug-likeness (QED) is 0.825. The molecule has 0 spiro atoms. The molecule has 1 unspecified atom stereocenters. The van der Waals surface area contributed by atoms with Gasteiger partial charge in [0.25, 0.3) is 0 Å². The van der Waals surface area contributed by atoms with Crippen LogP contribution in [0.1, 0.15) is 18.9 Å². The molecule has 2 N–H and O–H groups in total. The Morgan fingerprint density at radius 1 is 1.53 bits per heavy atom. The summed E-state index contributed by atoms with van der Waals surface area (Å²) in [5.41, 5.74) is 5.82. The van der Waals surface area contributed by atoms with Gasteiger partial charge in [-0.05, 0) is 24.1 Å². The average Bonchev–Trinajstić information content (AvgIpc) is 2.31. The predicted molar refractivity (Wildman–Crippen MR) is 64.5 cm³/mol. The number of ketones is 1. The van der Waals surface area contributed by atoms with Crippen LogP contribution in [0.5, 0.6) is 5.75 Å². The van der Waals surface area contributed by atoms with Crippen molar-refractivity contribution in [1.82, 2.24) is 0 Å². The molecule has 0 saturated carbocycles. The number of halogens is 1. The molecular formula is C13H18FNO2. The number of rotatable bonds is 6. The molecule has 0 saturated heterocycles. The molecule has 0 aliphatic heterocycles. The highest BCUT2D eigenvalue weighted by Crippen LogP contribution is 2.21. The third kappa shape index (κ3) is 3.82. The molecule has 1 rings (SSSR count). The summed E-state index contributed by atoms with van der Waals surface area (Å²) in [5, 5.41) is 0. The zero-order chi connectivity index (χ0) is 12.8. The Labute approximate surface area is 101 Å². The minimum atomic E-state index is -0.455. The second-order valence-electron chi connectivity index (χ2n) is 4.19. The Morgan fingerprint density at radius 2 is 2.24 bits per heavy atom. The van der Waals surface area contributed by atoms with Crippen molar-refractivity contribution in [2.75, 3.05) is 13.7 Å². The molecule has 1 aromatic carbocycles. The first-order valence-electron chi connectivity index (χ1n) is 5.61. The summed E-state index contributed by atoms with van der Waals surface area (Å²) >= 11 is 0. The fourth-order valence-electron chi connectivity index (χ4n) is 1.61. The molecule has 3 nitrogen and oxygen atoms in total. The van der Waals surface area contributed by atoms with Crippen LogP contribution in [0.2, 0.25) is 0 Å². The Hall–Kier alpha value is -1.42. The van der Waals surface area contributed by atoms with E-state index in [2.05, 4.69) is 0 Å². The van der Waals surface area contributed by atoms with E-state index in [1.54, 1.807) is 12.1 Å². The third-order valence-electron chi connectivity index (χ3n) is 2.63. The Morgan fingerprint density at radius 3 is 2.82 bits per heavy atom. The minimum Gasteiger partial charge on any atom is -0.494 e. The van der Waals surface area contributed by atoms with Crippen molar-refractivity contribution in [3.05, 3.63) is 29.6 Å². The minimum absolute atomic E-state index is 0.00453. The molecule has 0 radical (unpaired) electrons. The predicted octanol–water partition coefficient (Wildman–Crippen LogP) is 1.93. The van der Waals surface area contributed by atoms with Crippen molar-refractivity contribution in [2.45, 2.75) is 19.8 Å². The number of hydrogen-bond acceptors (Lipinski definition) is 3. The molecule has 0 amide bonds. The van der Waals surface area contributed by atoms with Crippen molar-refractivity contribution >= 4 is 5.78 Å². The van der Waals surface area contributed by atoms with E-state index in [1.807, 2.05) is 6.92 Å². The molecule has 0 heterocycles. The molecule has 0 aliphatic rings. The van der Waals surface area contributed by atoms with E-state index in [1.165, 1.54) is 13.2 Å². The van der Waals surface area contributed by atoms with Gasteiger partial charge in [-0.15, -0.1) is 0 Å². The van der Waals surface area contributed by atoms with Crippen LogP contribution in [0.3, 0.4) is 0 Å². The number of Topliss-reactive ketones (excluding diaryl/α,β-unsaturated/α-hetero) is 1. The summed E-state index contributed by atoms with van der Waals surface area (Å²) in [6.45, 7) is 2.37. The Balaban J connectivity index is 2.71. The summed E-state index contributed by atoms with van der Waals surface area (Å²) in [6.07, 6.45) is 0.473. The van der Waals surface area contributed by atoms with Crippen molar-refractivity contribution in [1.29, 1.82) is 0 Å². The molecule has 0 aliphatic carbocycles. The zero-order valence-electron chi connectivity index (χ0n) is 10.2. The fraction of sp³-hybridized carbons (Fsp3) is 0.462. The van der Waals surface area contributed by atoms with E-state index < -0.39 is 5.82 Å². The van der Waals surface area contributed by atoms with E-state index in [0.29, 0.717) is 18.5 Å². The van der Waals surface area contributed by atoms with E-state index in [4.69, 9.17) is 10.5 Å². The number of benzene rings is 1. The molecule has 1 aromatic rings. The molecule has 0 aromatic heterocycles. The standard InChI is InChI=1S/C13H18FNO2/c1-9(8-15)6-11(16)7-10-4-3-5-12(17-2)13(10)14/h3-5,9H,6-8,15H2,1-2H3. The van der Waals surface area contributed by atoms with Gasteiger partial charge in [0.05, 0.1) is 7.11 Å². The topological polar surface area (TPSA) is 52.3 Å². The van der Waals surface area contributed by atoms with E-state index in [0.717, 1.165) is 0 Å². The van der Waals surface area contributed by atoms with E-state index in [9.17, 15) is 9.18 Å². The van der Waals surface area contributed by atoms with Gasteiger partial charge in [0.1, 0.15) is 5.78 Å². The summed E-state index contributed by atoms with van der Waals surface area (Å²) in [6, 6.07) is 4.81. The monoisotopic (exact) mass is 239 g/mol. The van der Waals surface area contributed by atoms with E-state index in [-0.39, 0.29) is 23.9 Å². The summed E-state index contributed by atoms with van der Waals surface area (Å²) in [5.74, 6) is -0.155. The van der Waals surface area contributed by atoms with Crippen LogP contribution >= 0.6 is 0 Å². The lowest BCUT2D eigenvalue weighted by Gasteiger charge is -2.09. The molecule has 17 heavy (non-hydrogen) atoms. The molecular weight excluding hydrogens is 221 g/mol. The van der Waals surface area contributed by atoms with Gasteiger partial charge in [-0.2, -0.15) is 0 Å². The molecule has 4 heteroatoms. The molecule has 0 bridgehead atoms. The van der Waals surface area contributed by atoms with Crippen molar-refractivity contribution in [2.24, 2.45) is 11.7 Å². The number of methoxy groups -OCH3 is 1. The lowest BCUT2D eigenvalue weighted by atomic mass is 9.99. The number of carbonyl (C=O) groups excluding carboxylic acids is 1. The first-order chi connectivity index (χ1) is 8.08. The van der Waals surface area contributed by atoms with Gasteiger partial charge in [0.15, 0.2) is 11.6 Å². The highest BCUT2D eigenvalue weighted by molar-refractivity contribution is 5.81. The third-order valence-corrected chi connectivity index (χ3v) is 2.63. The second kappa shape index (κ2) is 6.35. The highest BCUT2D eigenvalue weighted by Gasteiger charge is 2.13. The SMILES string of the molecule is COc1cccc(CC(=O)CC(C)CN)c1F. The average molecular weight is 239 g/mol. The first kappa shape index (κ1) is 13.6. The Kier molecular flexibility index (Phi) is 5.10. The molecule has 0 fully saturated rings. The highest BCUT2D eigenvalue weighted by atomic mass is 19.1. The lowest BCUT2D eigenvalue weighted by Crippen LogP contribution is -2.16. The van der Waals surface area contributed by atoms with E-state index >= 15 is 0 Å². The summed E-state index contributed by atoms with van der Waals surface area (Å²) in [7, 11) is 1.40. The van der Waals surface area contributed by atoms with Gasteiger partial charge in [-0.1, -0.05) is 19.1 Å². The van der Waals surface area contributed by atoms with Crippen LogP contribution in [-0.2, 0) is 11.2 Å². The van der Waals surface area contributed by atoms with Crippen LogP contribution in [0.25, 0.3) is 0 Å². The van der Waals surface area contributed by atoms with Gasteiger partial charge >= 0.3 is 0 Å². The van der Waals surface area contributed by atoms with Gasteiger partial charge in [-0.3, -0.25) is 4.79 Å². The smallest absolute Gasteiger partial charge is 0.168 e. The zero-order valence-corrected chi connectivity index (χ0v) is 10.2. The van der Waals surface area contributed by atoms with Crippen LogP contribution in [0, 0.1) is 11.7 Å². The van der Waals surface area contributed by atoms with Crippen molar-refractivity contribution in [3.8, 4) is 5.75 Å². The largest absolute Gasteiger partial charge is 0.494 e. The number of ether oxygens (including phenoxy) is 1. The normalized spacial score (nSPS) is 12.2. The lowest BCUT2D eigenvalue weighted by molar-refractivity contribution is -0.119. The van der Waals surface area contributed by atoms with Gasteiger partial charge in [0.2, 0.25) is 0 Å². The van der Waals surface area contributed by atoms with Gasteiger partial charge in [0, 0.05) is 12.8 Å². The second-order valence-corrected chi connectivity index (χ2v) is 4.19. The van der Waals surface area contributed by atoms with Crippen LogP contribution in [0.4, 0.5) is 4.39 Å². The van der Waals surface area contributed by atoms with Crippen LogP contribution in [-0.4, -0.2) is 19.4 Å². The maximum absolute atomic E-state index is 13.8. The van der Waals surface area contributed by atoms with Crippen LogP contribution < -0.4 is 10.5 Å². The number of hydrogen-bond donors (Lipinski definition) is 1. The summed E-state index contributed by atoms with van der Waals surface area (Å²) in [4.78, 5) is 11.7. The van der Waals surface area contributed by atoms with Crippen LogP contribution in [0.15, 0.2) is 18.2 Å². The van der Waals surface area contributed by atoms with Crippen molar-refractivity contribution < 1.29 is 13.9 Å². The maximum atomic E-state index is 13.8. The molecule has 94 valence electrons. The van der Waals surface area contributed by atoms with Gasteiger partial charge in [-0.25, -0.2) is 4.39 Å². The summed E-state index contributed by atoms with van der Waals surface area (Å²) < 4.78 is 18.6. The fourth-order valence-corrected chi connectivity index (χ4v) is 1.61. The maximum Gasteiger partial charge on any atom is 0.168 e. The van der Waals surface area contributed by atoms with Gasteiger partial charge < -0.3 is 10.5 Å². The Bertz CT molecular complexity index is 393. The number of carbonyl (C=O) groups is 1.